The van der Waals surface area contributed by atoms with E-state index in [4.69, 9.17) is 10.5 Å². The molecule has 0 amide bonds. The summed E-state index contributed by atoms with van der Waals surface area (Å²) in [6, 6.07) is 16.2. The summed E-state index contributed by atoms with van der Waals surface area (Å²) in [4.78, 5) is 0. The van der Waals surface area contributed by atoms with Crippen LogP contribution in [0.2, 0.25) is 0 Å². The van der Waals surface area contributed by atoms with Gasteiger partial charge >= 0.3 is 0 Å². The van der Waals surface area contributed by atoms with Gasteiger partial charge in [-0.1, -0.05) is 36.4 Å². The Balaban J connectivity index is 1.66. The van der Waals surface area contributed by atoms with Crippen LogP contribution in [-0.2, 0) is 6.42 Å². The minimum atomic E-state index is 0.519. The van der Waals surface area contributed by atoms with Crippen LogP contribution in [-0.4, -0.2) is 6.61 Å². The Kier molecular flexibility index (Phi) is 2.48. The number of para-hydroxylation sites is 2. The lowest BCUT2D eigenvalue weighted by atomic mass is 9.78. The molecule has 2 aromatic carbocycles. The first kappa shape index (κ1) is 10.2. The van der Waals surface area contributed by atoms with E-state index in [-0.39, 0.29) is 0 Å². The molecule has 0 saturated heterocycles. The fourth-order valence-corrected chi connectivity index (χ4v) is 2.31. The second kappa shape index (κ2) is 4.13. The lowest BCUT2D eigenvalue weighted by Gasteiger charge is -2.29. The Morgan fingerprint density at radius 2 is 1.82 bits per heavy atom. The van der Waals surface area contributed by atoms with Gasteiger partial charge in [-0.25, -0.2) is 0 Å². The van der Waals surface area contributed by atoms with E-state index in [0.717, 1.165) is 12.2 Å². The van der Waals surface area contributed by atoms with Crippen LogP contribution in [0.25, 0.3) is 0 Å². The highest BCUT2D eigenvalue weighted by atomic mass is 16.5. The maximum absolute atomic E-state index is 5.84. The lowest BCUT2D eigenvalue weighted by Crippen LogP contribution is -2.23. The number of rotatable bonds is 3. The summed E-state index contributed by atoms with van der Waals surface area (Å²) in [6.07, 6.45) is 1.11. The molecule has 86 valence electrons. The molecule has 1 aliphatic rings. The van der Waals surface area contributed by atoms with Gasteiger partial charge in [0.05, 0.1) is 12.3 Å². The molecule has 17 heavy (non-hydrogen) atoms. The van der Waals surface area contributed by atoms with Gasteiger partial charge in [0, 0.05) is 5.92 Å². The van der Waals surface area contributed by atoms with E-state index >= 15 is 0 Å². The van der Waals surface area contributed by atoms with Crippen LogP contribution < -0.4 is 10.5 Å². The predicted molar refractivity (Wildman–Crippen MR) is 69.2 cm³/mol. The van der Waals surface area contributed by atoms with E-state index in [2.05, 4.69) is 24.3 Å². The van der Waals surface area contributed by atoms with Gasteiger partial charge in [0.15, 0.2) is 0 Å². The molecule has 0 aliphatic heterocycles. The normalized spacial score (nSPS) is 17.1. The predicted octanol–water partition coefficient (Wildman–Crippen LogP) is 2.99. The van der Waals surface area contributed by atoms with Gasteiger partial charge in [0.2, 0.25) is 0 Å². The third-order valence-corrected chi connectivity index (χ3v) is 3.32. The quantitative estimate of drug-likeness (QED) is 0.815. The lowest BCUT2D eigenvalue weighted by molar-refractivity contribution is 0.276. The second-order valence-electron chi connectivity index (χ2n) is 4.45. The summed E-state index contributed by atoms with van der Waals surface area (Å²) in [7, 11) is 0. The Hall–Kier alpha value is -1.96. The van der Waals surface area contributed by atoms with Gasteiger partial charge in [-0.05, 0) is 29.7 Å². The highest BCUT2D eigenvalue weighted by Gasteiger charge is 2.25. The third kappa shape index (κ3) is 1.86. The summed E-state index contributed by atoms with van der Waals surface area (Å²) >= 11 is 0. The molecule has 0 radical (unpaired) electrons. The van der Waals surface area contributed by atoms with Gasteiger partial charge in [0.25, 0.3) is 0 Å². The van der Waals surface area contributed by atoms with Crippen LogP contribution in [0.1, 0.15) is 17.0 Å². The number of ether oxygens (including phenoxy) is 1. The second-order valence-corrected chi connectivity index (χ2v) is 4.45. The highest BCUT2D eigenvalue weighted by Crippen LogP contribution is 2.35. The van der Waals surface area contributed by atoms with Gasteiger partial charge in [0.1, 0.15) is 5.75 Å². The van der Waals surface area contributed by atoms with Crippen molar-refractivity contribution in [3.8, 4) is 5.75 Å². The van der Waals surface area contributed by atoms with Crippen LogP contribution in [0.4, 0.5) is 5.69 Å². The molecule has 0 fully saturated rings. The minimum Gasteiger partial charge on any atom is -0.491 e. The van der Waals surface area contributed by atoms with Crippen LogP contribution in [0.15, 0.2) is 48.5 Å². The van der Waals surface area contributed by atoms with Crippen molar-refractivity contribution in [2.75, 3.05) is 12.3 Å². The Morgan fingerprint density at radius 3 is 2.65 bits per heavy atom. The van der Waals surface area contributed by atoms with Crippen molar-refractivity contribution in [1.29, 1.82) is 0 Å². The van der Waals surface area contributed by atoms with Crippen molar-refractivity contribution in [1.82, 2.24) is 0 Å². The first-order valence-electron chi connectivity index (χ1n) is 5.89. The average Bonchev–Trinajstić information content (AvgIpc) is 2.32. The number of benzene rings is 2. The largest absolute Gasteiger partial charge is 0.491 e. The number of nitrogen functional groups attached to an aromatic ring is 1. The molecule has 2 heteroatoms. The zero-order valence-corrected chi connectivity index (χ0v) is 9.60. The molecule has 0 aromatic heterocycles. The van der Waals surface area contributed by atoms with Crippen LogP contribution >= 0.6 is 0 Å². The maximum atomic E-state index is 5.84. The standard InChI is InChI=1S/C15H15NO/c16-14-7-3-4-8-15(14)17-10-12-9-11-5-1-2-6-13(11)12/h1-8,12H,9-10,16H2. The van der Waals surface area contributed by atoms with Crippen LogP contribution in [0, 0.1) is 0 Å². The summed E-state index contributed by atoms with van der Waals surface area (Å²) in [5, 5.41) is 0. The average molecular weight is 225 g/mol. The van der Waals surface area contributed by atoms with E-state index in [0.29, 0.717) is 18.2 Å². The number of fused-ring (bicyclic) bond motifs is 1. The minimum absolute atomic E-state index is 0.519. The Bertz CT molecular complexity index is 536. The fourth-order valence-electron chi connectivity index (χ4n) is 2.31. The molecular formula is C15H15NO. The van der Waals surface area contributed by atoms with E-state index in [1.165, 1.54) is 11.1 Å². The molecule has 1 aliphatic carbocycles. The summed E-state index contributed by atoms with van der Waals surface area (Å²) in [5.74, 6) is 1.31. The zero-order valence-electron chi connectivity index (χ0n) is 9.60. The molecule has 1 unspecified atom stereocenters. The van der Waals surface area contributed by atoms with Gasteiger partial charge in [-0.2, -0.15) is 0 Å². The summed E-state index contributed by atoms with van der Waals surface area (Å²) in [5.41, 5.74) is 9.41. The van der Waals surface area contributed by atoms with E-state index < -0.39 is 0 Å². The molecule has 0 heterocycles. The zero-order chi connectivity index (χ0) is 11.7. The monoisotopic (exact) mass is 225 g/mol. The SMILES string of the molecule is Nc1ccccc1OCC1Cc2ccccc21. The number of anilines is 1. The number of hydrogen-bond donors (Lipinski definition) is 1. The summed E-state index contributed by atoms with van der Waals surface area (Å²) < 4.78 is 5.77. The Labute approximate surface area is 101 Å². The van der Waals surface area contributed by atoms with Crippen molar-refractivity contribution in [3.63, 3.8) is 0 Å². The first-order valence-corrected chi connectivity index (χ1v) is 5.89. The molecule has 2 N–H and O–H groups in total. The van der Waals surface area contributed by atoms with Crippen molar-refractivity contribution < 1.29 is 4.74 Å². The first-order chi connectivity index (χ1) is 8.34. The van der Waals surface area contributed by atoms with E-state index in [1.54, 1.807) is 0 Å². The van der Waals surface area contributed by atoms with Crippen LogP contribution in [0.3, 0.4) is 0 Å². The van der Waals surface area contributed by atoms with Gasteiger partial charge in [-0.3, -0.25) is 0 Å². The maximum Gasteiger partial charge on any atom is 0.142 e. The topological polar surface area (TPSA) is 35.2 Å². The van der Waals surface area contributed by atoms with Crippen LogP contribution in [0.5, 0.6) is 5.75 Å². The summed E-state index contributed by atoms with van der Waals surface area (Å²) in [6.45, 7) is 0.714. The van der Waals surface area contributed by atoms with E-state index in [9.17, 15) is 0 Å². The van der Waals surface area contributed by atoms with Gasteiger partial charge in [-0.15, -0.1) is 0 Å². The molecular weight excluding hydrogens is 210 g/mol. The molecule has 0 bridgehead atoms. The van der Waals surface area contributed by atoms with E-state index in [1.807, 2.05) is 24.3 Å². The highest BCUT2D eigenvalue weighted by molar-refractivity contribution is 5.52. The third-order valence-electron chi connectivity index (χ3n) is 3.32. The fraction of sp³-hybridized carbons (Fsp3) is 0.200. The molecule has 2 nitrogen and oxygen atoms in total. The number of hydrogen-bond acceptors (Lipinski definition) is 2. The molecule has 0 saturated carbocycles. The molecule has 2 aromatic rings. The van der Waals surface area contributed by atoms with Gasteiger partial charge < -0.3 is 10.5 Å². The van der Waals surface area contributed by atoms with Crippen molar-refractivity contribution >= 4 is 5.69 Å². The van der Waals surface area contributed by atoms with Crippen molar-refractivity contribution in [2.24, 2.45) is 0 Å². The molecule has 3 rings (SSSR count). The molecule has 1 atom stereocenters. The Morgan fingerprint density at radius 1 is 1.06 bits per heavy atom. The molecule has 0 spiro atoms. The van der Waals surface area contributed by atoms with Crippen molar-refractivity contribution in [3.05, 3.63) is 59.7 Å². The number of nitrogens with two attached hydrogens (primary N) is 1. The van der Waals surface area contributed by atoms with Crippen molar-refractivity contribution in [2.45, 2.75) is 12.3 Å². The smallest absolute Gasteiger partial charge is 0.142 e.